The number of halogens is 3. The number of phenolic OH excluding ortho intramolecular Hbond substituents is 1. The van der Waals surface area contributed by atoms with Crippen LogP contribution < -0.4 is 15.4 Å². The summed E-state index contributed by atoms with van der Waals surface area (Å²) in [6.45, 7) is 11.9. The number of amides is 3. The highest BCUT2D eigenvalue weighted by Gasteiger charge is 2.41. The number of carboxylic acid groups (broad SMARTS) is 1. The monoisotopic (exact) mass is 944 g/mol. The molecule has 3 aliphatic heterocycles. The largest absolute Gasteiger partial charge is 0.506 e. The molecule has 4 aliphatic rings. The first kappa shape index (κ1) is 50.6. The van der Waals surface area contributed by atoms with Gasteiger partial charge in [0.25, 0.3) is 11.8 Å². The van der Waals surface area contributed by atoms with Crippen LogP contribution in [0.15, 0.2) is 41.8 Å². The predicted molar refractivity (Wildman–Crippen MR) is 242 cm³/mol. The Morgan fingerprint density at radius 1 is 1.05 bits per heavy atom. The first-order valence-electron chi connectivity index (χ1n) is 22.9. The molecule has 1 aliphatic carbocycles. The number of morpholine rings is 1. The lowest BCUT2D eigenvalue weighted by atomic mass is 9.89. The Morgan fingerprint density at radius 2 is 1.77 bits per heavy atom. The summed E-state index contributed by atoms with van der Waals surface area (Å²) in [6, 6.07) is 12.5. The molecule has 1 aromatic heterocycles. The van der Waals surface area contributed by atoms with Crippen molar-refractivity contribution in [2.24, 2.45) is 0 Å². The first-order chi connectivity index (χ1) is 31.6. The van der Waals surface area contributed by atoms with Crippen LogP contribution in [0.5, 0.6) is 11.5 Å². The van der Waals surface area contributed by atoms with Crippen molar-refractivity contribution < 1.29 is 56.8 Å². The van der Waals surface area contributed by atoms with E-state index in [1.807, 2.05) is 16.3 Å². The molecule has 0 unspecified atom stereocenters. The molecule has 0 bridgehead atoms. The summed E-state index contributed by atoms with van der Waals surface area (Å²) in [5.74, 6) is -2.02. The Balaban J connectivity index is 0.000000952. The van der Waals surface area contributed by atoms with Crippen molar-refractivity contribution >= 4 is 40.7 Å². The molecule has 4 N–H and O–H groups in total. The van der Waals surface area contributed by atoms with E-state index >= 15 is 0 Å². The van der Waals surface area contributed by atoms with E-state index < -0.39 is 12.1 Å². The van der Waals surface area contributed by atoms with Crippen molar-refractivity contribution in [3.05, 3.63) is 69.2 Å². The molecule has 0 radical (unpaired) electrons. The number of nitrogens with zero attached hydrogens (tertiary/aromatic N) is 4. The number of aromatic nitrogens is 1. The number of rotatable bonds is 18. The summed E-state index contributed by atoms with van der Waals surface area (Å²) in [7, 11) is 0. The smallest absolute Gasteiger partial charge is 0.490 e. The number of alkyl halides is 3. The minimum Gasteiger partial charge on any atom is -0.506 e. The summed E-state index contributed by atoms with van der Waals surface area (Å²) >= 11 is 1.57. The standard InChI is InChI=1S/C45H62N6O7S.C2HF3O2/c1-32(2)43-47-37(30-59-43)44(55)50-24-27-58-45(31-50)16-21-49(22-17-45)20-13-33-6-5-7-34(28-33)14-25-56-26-15-40(54)51(36-8-3-4-9-36)23-19-46-18-12-35-10-11-38(52)41-42(35)57-29-39(53)48-41;3-2(4,5)1(6)7/h5-7,10-11,28,30,32,36,46,52H,3-4,8-9,12-27,29,31H2,1-2H3,(H,48,53);(H,6,7). The van der Waals surface area contributed by atoms with E-state index in [1.165, 1.54) is 11.1 Å². The number of nitrogens with one attached hydrogen (secondary N) is 2. The number of fused-ring (bicyclic) bond motifs is 1. The number of carbonyl (C=O) groups is 4. The van der Waals surface area contributed by atoms with Crippen molar-refractivity contribution in [3.8, 4) is 11.5 Å². The summed E-state index contributed by atoms with van der Waals surface area (Å²) in [5, 5.41) is 26.3. The number of anilines is 1. The molecule has 3 fully saturated rings. The number of ether oxygens (including phenoxy) is 3. The fourth-order valence-electron chi connectivity index (χ4n) is 8.83. The van der Waals surface area contributed by atoms with E-state index in [0.717, 1.165) is 81.6 Å². The lowest BCUT2D eigenvalue weighted by Gasteiger charge is -2.47. The van der Waals surface area contributed by atoms with Crippen molar-refractivity contribution in [3.63, 3.8) is 0 Å². The number of benzene rings is 2. The van der Waals surface area contributed by atoms with Crippen LogP contribution in [0.25, 0.3) is 0 Å². The van der Waals surface area contributed by atoms with Gasteiger partial charge in [-0.3, -0.25) is 14.4 Å². The number of hydrogen-bond acceptors (Lipinski definition) is 12. The minimum absolute atomic E-state index is 0.00404. The number of thiazole rings is 1. The van der Waals surface area contributed by atoms with Gasteiger partial charge >= 0.3 is 12.1 Å². The molecule has 15 nitrogen and oxygen atoms in total. The summed E-state index contributed by atoms with van der Waals surface area (Å²) in [4.78, 5) is 58.5. The molecular weight excluding hydrogens is 882 g/mol. The van der Waals surface area contributed by atoms with E-state index in [4.69, 9.17) is 24.1 Å². The summed E-state index contributed by atoms with van der Waals surface area (Å²) in [6.07, 6.45) is 3.99. The van der Waals surface area contributed by atoms with E-state index in [-0.39, 0.29) is 41.7 Å². The Hall–Kier alpha value is -4.82. The molecule has 3 aromatic rings. The van der Waals surface area contributed by atoms with Crippen LogP contribution in [0.3, 0.4) is 0 Å². The maximum absolute atomic E-state index is 13.4. The number of carbonyl (C=O) groups excluding carboxylic acids is 3. The highest BCUT2D eigenvalue weighted by Crippen LogP contribution is 2.39. The molecule has 19 heteroatoms. The van der Waals surface area contributed by atoms with Crippen molar-refractivity contribution in [1.82, 2.24) is 25.0 Å². The second kappa shape index (κ2) is 23.8. The molecule has 3 amide bonds. The first-order valence-corrected chi connectivity index (χ1v) is 23.8. The van der Waals surface area contributed by atoms with Crippen LogP contribution in [-0.4, -0.2) is 150 Å². The van der Waals surface area contributed by atoms with Gasteiger partial charge in [-0.1, -0.05) is 57.0 Å². The van der Waals surface area contributed by atoms with Gasteiger partial charge < -0.3 is 49.8 Å². The van der Waals surface area contributed by atoms with Gasteiger partial charge in [0.1, 0.15) is 17.1 Å². The maximum atomic E-state index is 13.4. The number of likely N-dealkylation sites (tertiary alicyclic amines) is 1. The highest BCUT2D eigenvalue weighted by molar-refractivity contribution is 7.09. The quantitative estimate of drug-likeness (QED) is 0.0859. The zero-order valence-corrected chi connectivity index (χ0v) is 38.7. The lowest BCUT2D eigenvalue weighted by Crippen LogP contribution is -2.58. The molecule has 66 heavy (non-hydrogen) atoms. The fraction of sp³-hybridized carbons (Fsp3) is 0.596. The summed E-state index contributed by atoms with van der Waals surface area (Å²) < 4.78 is 49.7. The van der Waals surface area contributed by atoms with Gasteiger partial charge in [0.15, 0.2) is 12.4 Å². The third kappa shape index (κ3) is 14.3. The number of piperidine rings is 1. The molecule has 1 saturated carbocycles. The van der Waals surface area contributed by atoms with Gasteiger partial charge in [0.05, 0.1) is 43.4 Å². The molecule has 362 valence electrons. The van der Waals surface area contributed by atoms with Crippen LogP contribution in [0.2, 0.25) is 0 Å². The average molecular weight is 945 g/mol. The Morgan fingerprint density at radius 3 is 2.47 bits per heavy atom. The number of hydrogen-bond donors (Lipinski definition) is 4. The van der Waals surface area contributed by atoms with Crippen LogP contribution >= 0.6 is 11.3 Å². The van der Waals surface area contributed by atoms with E-state index in [0.29, 0.717) is 88.4 Å². The third-order valence-corrected chi connectivity index (χ3v) is 13.6. The van der Waals surface area contributed by atoms with Crippen LogP contribution in [-0.2, 0) is 43.1 Å². The zero-order chi connectivity index (χ0) is 47.3. The van der Waals surface area contributed by atoms with E-state index in [2.05, 4.69) is 63.5 Å². The van der Waals surface area contributed by atoms with Gasteiger partial charge in [-0.2, -0.15) is 13.2 Å². The van der Waals surface area contributed by atoms with Crippen molar-refractivity contribution in [2.45, 2.75) is 102 Å². The zero-order valence-electron chi connectivity index (χ0n) is 37.8. The highest BCUT2D eigenvalue weighted by atomic mass is 32.1. The van der Waals surface area contributed by atoms with Gasteiger partial charge in [-0.25, -0.2) is 9.78 Å². The molecule has 1 spiro atoms. The van der Waals surface area contributed by atoms with Crippen LogP contribution in [0.1, 0.15) is 96.9 Å². The Kier molecular flexibility index (Phi) is 18.2. The number of aliphatic carboxylic acids is 1. The van der Waals surface area contributed by atoms with Gasteiger partial charge in [0.2, 0.25) is 5.91 Å². The second-order valence-electron chi connectivity index (χ2n) is 17.6. The predicted octanol–water partition coefficient (Wildman–Crippen LogP) is 6.04. The average Bonchev–Trinajstić information content (AvgIpc) is 4.02. The second-order valence-corrected chi connectivity index (χ2v) is 18.5. The summed E-state index contributed by atoms with van der Waals surface area (Å²) in [5.41, 5.74) is 4.10. The van der Waals surface area contributed by atoms with Crippen molar-refractivity contribution in [2.75, 3.05) is 84.1 Å². The molecule has 2 saturated heterocycles. The van der Waals surface area contributed by atoms with Gasteiger partial charge in [-0.15, -0.1) is 11.3 Å². The lowest BCUT2D eigenvalue weighted by molar-refractivity contribution is -0.192. The van der Waals surface area contributed by atoms with E-state index in [1.54, 1.807) is 17.4 Å². The van der Waals surface area contributed by atoms with Crippen molar-refractivity contribution in [1.29, 1.82) is 0 Å². The molecule has 7 rings (SSSR count). The molecule has 2 aromatic carbocycles. The number of carboxylic acids is 1. The normalized spacial score (nSPS) is 17.5. The number of aromatic hydroxyl groups is 1. The van der Waals surface area contributed by atoms with Crippen LogP contribution in [0, 0.1) is 0 Å². The fourth-order valence-corrected chi connectivity index (χ4v) is 9.64. The van der Waals surface area contributed by atoms with Crippen LogP contribution in [0.4, 0.5) is 18.9 Å². The molecule has 4 heterocycles. The third-order valence-electron chi connectivity index (χ3n) is 12.5. The minimum atomic E-state index is -5.08. The Labute approximate surface area is 388 Å². The SMILES string of the molecule is CC(C)c1nc(C(=O)N2CCOC3(CCN(CCc4cccc(CCOCCC(=O)N(CCNCCc5ccc(O)c6c5OCC(=O)N6)C5CCCC5)c4)CC3)C2)cs1.O=C(O)C(F)(F)F. The topological polar surface area (TPSA) is 183 Å². The maximum Gasteiger partial charge on any atom is 0.490 e. The Bertz CT molecular complexity index is 2110. The number of phenols is 1. The van der Waals surface area contributed by atoms with Gasteiger partial charge in [0, 0.05) is 56.6 Å². The van der Waals surface area contributed by atoms with Gasteiger partial charge in [-0.05, 0) is 74.2 Å². The van der Waals surface area contributed by atoms with E-state index in [9.17, 15) is 32.7 Å². The molecule has 0 atom stereocenters. The molecular formula is C47H63F3N6O9S.